The van der Waals surface area contributed by atoms with Crippen molar-refractivity contribution in [3.63, 3.8) is 0 Å². The van der Waals surface area contributed by atoms with Crippen molar-refractivity contribution >= 4 is 11.4 Å². The molecule has 78 valence electrons. The van der Waals surface area contributed by atoms with Gasteiger partial charge in [0.15, 0.2) is 0 Å². The highest BCUT2D eigenvalue weighted by Gasteiger charge is 1.94. The van der Waals surface area contributed by atoms with Gasteiger partial charge in [0.05, 0.1) is 24.6 Å². The lowest BCUT2D eigenvalue weighted by Crippen LogP contribution is -2.02. The van der Waals surface area contributed by atoms with Crippen molar-refractivity contribution in [2.75, 3.05) is 24.2 Å². The predicted molar refractivity (Wildman–Crippen MR) is 56.9 cm³/mol. The first-order valence-electron chi connectivity index (χ1n) is 4.72. The molecular weight excluding hydrogens is 180 g/mol. The van der Waals surface area contributed by atoms with Crippen molar-refractivity contribution in [1.29, 1.82) is 0 Å². The molecular formula is C10H16N2O2. The summed E-state index contributed by atoms with van der Waals surface area (Å²) in [5.74, 6) is 0. The van der Waals surface area contributed by atoms with Gasteiger partial charge in [-0.3, -0.25) is 20.6 Å². The van der Waals surface area contributed by atoms with Gasteiger partial charge in [0.25, 0.3) is 0 Å². The molecule has 0 aliphatic rings. The first kappa shape index (κ1) is 10.8. The van der Waals surface area contributed by atoms with Gasteiger partial charge in [-0.2, -0.15) is 0 Å². The minimum absolute atomic E-state index is 0.628. The molecule has 14 heavy (non-hydrogen) atoms. The largest absolute Gasteiger partial charge is 0.276 e. The molecule has 0 amide bonds. The molecule has 0 atom stereocenters. The first-order chi connectivity index (χ1) is 6.86. The summed E-state index contributed by atoms with van der Waals surface area (Å²) in [4.78, 5) is 10.1. The number of hydrogen-bond acceptors (Lipinski definition) is 4. The molecule has 0 saturated carbocycles. The van der Waals surface area contributed by atoms with E-state index < -0.39 is 0 Å². The zero-order chi connectivity index (χ0) is 10.2. The van der Waals surface area contributed by atoms with Crippen LogP contribution in [0.15, 0.2) is 24.3 Å². The average Bonchev–Trinajstić information content (AvgIpc) is 2.24. The second-order valence-corrected chi connectivity index (χ2v) is 2.65. The van der Waals surface area contributed by atoms with E-state index in [-0.39, 0.29) is 0 Å². The Hall–Kier alpha value is -1.26. The zero-order valence-electron chi connectivity index (χ0n) is 8.54. The Labute approximate surface area is 84.1 Å². The van der Waals surface area contributed by atoms with Gasteiger partial charge in [-0.15, -0.1) is 0 Å². The maximum Gasteiger partial charge on any atom is 0.0717 e. The summed E-state index contributed by atoms with van der Waals surface area (Å²) < 4.78 is 0. The Morgan fingerprint density at radius 2 is 1.50 bits per heavy atom. The monoisotopic (exact) mass is 196 g/mol. The molecule has 1 aromatic rings. The van der Waals surface area contributed by atoms with Crippen molar-refractivity contribution in [2.45, 2.75) is 13.8 Å². The van der Waals surface area contributed by atoms with Crippen LogP contribution in [-0.4, -0.2) is 13.2 Å². The molecule has 1 aromatic carbocycles. The highest BCUT2D eigenvalue weighted by atomic mass is 16.6. The van der Waals surface area contributed by atoms with E-state index in [1.54, 1.807) is 0 Å². The Balaban J connectivity index is 2.50. The second-order valence-electron chi connectivity index (χ2n) is 2.65. The lowest BCUT2D eigenvalue weighted by molar-refractivity contribution is 0.208. The standard InChI is InChI=1S/C10H16N2O2/c1-3-13-11-9-6-5-7-10(8-9)12-14-4-2/h5-8,11-12H,3-4H2,1-2H3. The number of rotatable bonds is 6. The molecule has 0 unspecified atom stereocenters. The van der Waals surface area contributed by atoms with E-state index in [0.29, 0.717) is 13.2 Å². The van der Waals surface area contributed by atoms with Crippen LogP contribution in [0.25, 0.3) is 0 Å². The van der Waals surface area contributed by atoms with Gasteiger partial charge < -0.3 is 0 Å². The quantitative estimate of drug-likeness (QED) is 0.686. The van der Waals surface area contributed by atoms with Crippen LogP contribution in [0.2, 0.25) is 0 Å². The molecule has 0 spiro atoms. The van der Waals surface area contributed by atoms with E-state index in [4.69, 9.17) is 9.68 Å². The molecule has 0 heterocycles. The normalized spacial score (nSPS) is 9.86. The van der Waals surface area contributed by atoms with E-state index >= 15 is 0 Å². The molecule has 2 N–H and O–H groups in total. The second kappa shape index (κ2) is 6.23. The van der Waals surface area contributed by atoms with E-state index in [0.717, 1.165) is 11.4 Å². The SMILES string of the molecule is CCONc1cccc(NOCC)c1. The molecule has 0 aromatic heterocycles. The Bertz CT molecular complexity index is 243. The smallest absolute Gasteiger partial charge is 0.0717 e. The van der Waals surface area contributed by atoms with Crippen LogP contribution in [0.5, 0.6) is 0 Å². The maximum atomic E-state index is 5.06. The lowest BCUT2D eigenvalue weighted by atomic mass is 10.3. The number of anilines is 2. The molecule has 4 nitrogen and oxygen atoms in total. The van der Waals surface area contributed by atoms with Crippen molar-refractivity contribution in [3.05, 3.63) is 24.3 Å². The van der Waals surface area contributed by atoms with Crippen LogP contribution in [0, 0.1) is 0 Å². The number of nitrogens with one attached hydrogen (secondary N) is 2. The van der Waals surface area contributed by atoms with Gasteiger partial charge in [-0.05, 0) is 32.0 Å². The average molecular weight is 196 g/mol. The van der Waals surface area contributed by atoms with Crippen molar-refractivity contribution < 1.29 is 9.68 Å². The fourth-order valence-corrected chi connectivity index (χ4v) is 0.957. The topological polar surface area (TPSA) is 42.5 Å². The number of benzene rings is 1. The van der Waals surface area contributed by atoms with Gasteiger partial charge in [-0.1, -0.05) is 6.07 Å². The minimum Gasteiger partial charge on any atom is -0.276 e. The van der Waals surface area contributed by atoms with Gasteiger partial charge >= 0.3 is 0 Å². The fourth-order valence-electron chi connectivity index (χ4n) is 0.957. The van der Waals surface area contributed by atoms with Crippen LogP contribution in [-0.2, 0) is 9.68 Å². The molecule has 0 bridgehead atoms. The van der Waals surface area contributed by atoms with Crippen LogP contribution < -0.4 is 11.0 Å². The van der Waals surface area contributed by atoms with Gasteiger partial charge in [0, 0.05) is 0 Å². The highest BCUT2D eigenvalue weighted by Crippen LogP contribution is 2.14. The summed E-state index contributed by atoms with van der Waals surface area (Å²) in [6.45, 7) is 5.11. The molecule has 0 aliphatic heterocycles. The fraction of sp³-hybridized carbons (Fsp3) is 0.400. The highest BCUT2D eigenvalue weighted by molar-refractivity contribution is 5.54. The third-order valence-corrected chi connectivity index (χ3v) is 1.53. The zero-order valence-corrected chi connectivity index (χ0v) is 8.54. The molecule has 0 radical (unpaired) electrons. The molecule has 0 aliphatic carbocycles. The van der Waals surface area contributed by atoms with E-state index in [1.165, 1.54) is 0 Å². The third-order valence-electron chi connectivity index (χ3n) is 1.53. The van der Waals surface area contributed by atoms with E-state index in [1.807, 2.05) is 38.1 Å². The van der Waals surface area contributed by atoms with E-state index in [2.05, 4.69) is 11.0 Å². The summed E-state index contributed by atoms with van der Waals surface area (Å²) in [6.07, 6.45) is 0. The summed E-state index contributed by atoms with van der Waals surface area (Å²) in [5, 5.41) is 0. The Morgan fingerprint density at radius 1 is 1.00 bits per heavy atom. The maximum absolute atomic E-state index is 5.06. The molecule has 4 heteroatoms. The van der Waals surface area contributed by atoms with Crippen molar-refractivity contribution in [2.24, 2.45) is 0 Å². The Morgan fingerprint density at radius 3 is 1.93 bits per heavy atom. The van der Waals surface area contributed by atoms with E-state index in [9.17, 15) is 0 Å². The van der Waals surface area contributed by atoms with Gasteiger partial charge in [0.1, 0.15) is 0 Å². The Kier molecular flexibility index (Phi) is 4.82. The molecule has 0 saturated heterocycles. The summed E-state index contributed by atoms with van der Waals surface area (Å²) in [6, 6.07) is 7.67. The molecule has 0 fully saturated rings. The summed E-state index contributed by atoms with van der Waals surface area (Å²) in [5.41, 5.74) is 7.43. The van der Waals surface area contributed by atoms with Crippen LogP contribution >= 0.6 is 0 Å². The van der Waals surface area contributed by atoms with Gasteiger partial charge in [-0.25, -0.2) is 0 Å². The molecule has 1 rings (SSSR count). The minimum atomic E-state index is 0.628. The van der Waals surface area contributed by atoms with Crippen molar-refractivity contribution in [1.82, 2.24) is 0 Å². The lowest BCUT2D eigenvalue weighted by Gasteiger charge is -2.08. The third kappa shape index (κ3) is 3.64. The van der Waals surface area contributed by atoms with Crippen molar-refractivity contribution in [3.8, 4) is 0 Å². The predicted octanol–water partition coefficient (Wildman–Crippen LogP) is 2.41. The van der Waals surface area contributed by atoms with Crippen LogP contribution in [0.3, 0.4) is 0 Å². The summed E-state index contributed by atoms with van der Waals surface area (Å²) >= 11 is 0. The number of hydrogen-bond donors (Lipinski definition) is 2. The van der Waals surface area contributed by atoms with Crippen LogP contribution in [0.1, 0.15) is 13.8 Å². The summed E-state index contributed by atoms with van der Waals surface area (Å²) in [7, 11) is 0. The van der Waals surface area contributed by atoms with Gasteiger partial charge in [0.2, 0.25) is 0 Å². The van der Waals surface area contributed by atoms with Crippen LogP contribution in [0.4, 0.5) is 11.4 Å². The first-order valence-corrected chi connectivity index (χ1v) is 4.72.